The molecule has 0 aromatic carbocycles. The summed E-state index contributed by atoms with van der Waals surface area (Å²) in [4.78, 5) is 0. The molecule has 0 rings (SSSR count). The smallest absolute Gasteiger partial charge is 0.307 e. The molecular weight excluding hydrogens is 191 g/mol. The third kappa shape index (κ3) is 8.14. The topological polar surface area (TPSA) is 12.0 Å². The fraction of sp³-hybridized carbons (Fsp3) is 1.00. The minimum Gasteiger partial charge on any atom is -0.307 e. The van der Waals surface area contributed by atoms with Crippen molar-refractivity contribution in [3.63, 3.8) is 0 Å². The Morgan fingerprint density at radius 3 is 2.42 bits per heavy atom. The Balaban J connectivity index is 3.31. The van der Waals surface area contributed by atoms with Gasteiger partial charge in [0.15, 0.2) is 0 Å². The number of hydrogen-bond acceptors (Lipinski definition) is 1. The Morgan fingerprint density at radius 1 is 1.42 bits per heavy atom. The highest BCUT2D eigenvalue weighted by Gasteiger charge is 2.26. The number of halogens is 4. The van der Waals surface area contributed by atoms with Gasteiger partial charge in [-0.05, 0) is 6.42 Å². The summed E-state index contributed by atoms with van der Waals surface area (Å²) in [6, 6.07) is 0. The van der Waals surface area contributed by atoms with Gasteiger partial charge in [0.2, 0.25) is 0 Å². The number of hydrogen-bond donors (Lipinski definition) is 1. The van der Waals surface area contributed by atoms with Crippen LogP contribution in [0, 0.1) is 0 Å². The SMILES string of the molecule is CCCC(Cl)CNCC(F)(F)F. The van der Waals surface area contributed by atoms with Crippen molar-refractivity contribution < 1.29 is 13.2 Å². The summed E-state index contributed by atoms with van der Waals surface area (Å²) in [5.74, 6) is 0. The second kappa shape index (κ2) is 5.65. The van der Waals surface area contributed by atoms with E-state index < -0.39 is 12.7 Å². The number of alkyl halides is 4. The molecule has 0 saturated carbocycles. The predicted molar refractivity (Wildman–Crippen MR) is 43.5 cm³/mol. The first-order valence-corrected chi connectivity index (χ1v) is 4.31. The molecule has 5 heteroatoms. The summed E-state index contributed by atoms with van der Waals surface area (Å²) in [5.41, 5.74) is 0. The molecule has 0 spiro atoms. The fourth-order valence-corrected chi connectivity index (χ4v) is 1.11. The van der Waals surface area contributed by atoms with E-state index in [4.69, 9.17) is 11.6 Å². The largest absolute Gasteiger partial charge is 0.401 e. The summed E-state index contributed by atoms with van der Waals surface area (Å²) in [7, 11) is 0. The van der Waals surface area contributed by atoms with Crippen molar-refractivity contribution in [1.29, 1.82) is 0 Å². The lowest BCUT2D eigenvalue weighted by Crippen LogP contribution is -2.32. The molecule has 1 nitrogen and oxygen atoms in total. The Kier molecular flexibility index (Phi) is 5.66. The summed E-state index contributed by atoms with van der Waals surface area (Å²) in [5, 5.41) is 2.06. The van der Waals surface area contributed by atoms with Gasteiger partial charge in [0.25, 0.3) is 0 Å². The quantitative estimate of drug-likeness (QED) is 0.678. The summed E-state index contributed by atoms with van der Waals surface area (Å²) >= 11 is 5.68. The Bertz CT molecular complexity index is 116. The third-order valence-electron chi connectivity index (χ3n) is 1.29. The average molecular weight is 204 g/mol. The monoisotopic (exact) mass is 203 g/mol. The van der Waals surface area contributed by atoms with E-state index in [0.29, 0.717) is 0 Å². The molecule has 0 heterocycles. The minimum atomic E-state index is -4.14. The molecule has 0 amide bonds. The van der Waals surface area contributed by atoms with Crippen LogP contribution in [0.2, 0.25) is 0 Å². The Hall–Kier alpha value is 0.0400. The average Bonchev–Trinajstić information content (AvgIpc) is 1.84. The Morgan fingerprint density at radius 2 is 2.00 bits per heavy atom. The zero-order chi connectivity index (χ0) is 9.61. The van der Waals surface area contributed by atoms with Crippen LogP contribution in [-0.4, -0.2) is 24.6 Å². The maximum Gasteiger partial charge on any atom is 0.401 e. The van der Waals surface area contributed by atoms with E-state index in [0.717, 1.165) is 12.8 Å². The van der Waals surface area contributed by atoms with Gasteiger partial charge in [0, 0.05) is 11.9 Å². The van der Waals surface area contributed by atoms with E-state index in [2.05, 4.69) is 5.32 Å². The van der Waals surface area contributed by atoms with Gasteiger partial charge in [-0.1, -0.05) is 13.3 Å². The van der Waals surface area contributed by atoms with Crippen molar-refractivity contribution in [2.24, 2.45) is 0 Å². The molecule has 12 heavy (non-hydrogen) atoms. The first-order valence-electron chi connectivity index (χ1n) is 3.87. The Labute approximate surface area is 75.3 Å². The summed E-state index contributed by atoms with van der Waals surface area (Å²) in [6.07, 6.45) is -2.50. The van der Waals surface area contributed by atoms with Gasteiger partial charge in [-0.15, -0.1) is 11.6 Å². The molecule has 0 aromatic heterocycles. The van der Waals surface area contributed by atoms with Crippen LogP contribution in [0.25, 0.3) is 0 Å². The molecule has 0 radical (unpaired) electrons. The number of rotatable bonds is 5. The molecule has 0 aliphatic carbocycles. The van der Waals surface area contributed by atoms with Crippen LogP contribution in [0.4, 0.5) is 13.2 Å². The lowest BCUT2D eigenvalue weighted by Gasteiger charge is -2.11. The predicted octanol–water partition coefficient (Wildman–Crippen LogP) is 2.55. The van der Waals surface area contributed by atoms with Crippen molar-refractivity contribution in [3.05, 3.63) is 0 Å². The van der Waals surface area contributed by atoms with Gasteiger partial charge >= 0.3 is 6.18 Å². The second-order valence-electron chi connectivity index (χ2n) is 2.63. The normalized spacial score (nSPS) is 14.8. The maximum absolute atomic E-state index is 11.6. The molecule has 0 aromatic rings. The zero-order valence-corrected chi connectivity index (χ0v) is 7.67. The standard InChI is InChI=1S/C7H13ClF3N/c1-2-3-6(8)4-12-5-7(9,10)11/h6,12H,2-5H2,1H3. The molecule has 0 aliphatic rings. The molecule has 0 bridgehead atoms. The molecule has 1 unspecified atom stereocenters. The van der Waals surface area contributed by atoms with Gasteiger partial charge in [-0.25, -0.2) is 0 Å². The molecule has 0 saturated heterocycles. The van der Waals surface area contributed by atoms with E-state index in [9.17, 15) is 13.2 Å². The number of nitrogens with one attached hydrogen (secondary N) is 1. The molecular formula is C7H13ClF3N. The van der Waals surface area contributed by atoms with Crippen molar-refractivity contribution in [1.82, 2.24) is 5.32 Å². The molecule has 74 valence electrons. The molecule has 1 N–H and O–H groups in total. The molecule has 1 atom stereocenters. The van der Waals surface area contributed by atoms with E-state index in [1.165, 1.54) is 0 Å². The second-order valence-corrected chi connectivity index (χ2v) is 3.25. The third-order valence-corrected chi connectivity index (χ3v) is 1.67. The zero-order valence-electron chi connectivity index (χ0n) is 6.92. The lowest BCUT2D eigenvalue weighted by atomic mass is 10.2. The van der Waals surface area contributed by atoms with Gasteiger partial charge in [-0.3, -0.25) is 0 Å². The van der Waals surface area contributed by atoms with E-state index >= 15 is 0 Å². The van der Waals surface area contributed by atoms with E-state index in [1.54, 1.807) is 0 Å². The van der Waals surface area contributed by atoms with E-state index in [1.807, 2.05) is 6.92 Å². The summed E-state index contributed by atoms with van der Waals surface area (Å²) < 4.78 is 34.8. The van der Waals surface area contributed by atoms with Crippen molar-refractivity contribution >= 4 is 11.6 Å². The fourth-order valence-electron chi connectivity index (χ4n) is 0.786. The van der Waals surface area contributed by atoms with Crippen LogP contribution >= 0.6 is 11.6 Å². The first-order chi connectivity index (χ1) is 5.45. The van der Waals surface area contributed by atoms with Gasteiger partial charge in [-0.2, -0.15) is 13.2 Å². The van der Waals surface area contributed by atoms with Crippen LogP contribution in [-0.2, 0) is 0 Å². The first kappa shape index (κ1) is 12.0. The van der Waals surface area contributed by atoms with Gasteiger partial charge < -0.3 is 5.32 Å². The minimum absolute atomic E-state index is 0.197. The lowest BCUT2D eigenvalue weighted by molar-refractivity contribution is -0.124. The molecule has 0 aliphatic heterocycles. The van der Waals surface area contributed by atoms with Crippen LogP contribution in [0.15, 0.2) is 0 Å². The van der Waals surface area contributed by atoms with Crippen molar-refractivity contribution in [3.8, 4) is 0 Å². The molecule has 0 fully saturated rings. The van der Waals surface area contributed by atoms with Gasteiger partial charge in [0.05, 0.1) is 6.54 Å². The maximum atomic E-state index is 11.6. The van der Waals surface area contributed by atoms with E-state index in [-0.39, 0.29) is 11.9 Å². The van der Waals surface area contributed by atoms with Crippen LogP contribution in [0.3, 0.4) is 0 Å². The van der Waals surface area contributed by atoms with Crippen molar-refractivity contribution in [2.45, 2.75) is 31.3 Å². The van der Waals surface area contributed by atoms with Crippen molar-refractivity contribution in [2.75, 3.05) is 13.1 Å². The summed E-state index contributed by atoms with van der Waals surface area (Å²) in [6.45, 7) is 1.20. The van der Waals surface area contributed by atoms with Crippen LogP contribution in [0.1, 0.15) is 19.8 Å². The van der Waals surface area contributed by atoms with Crippen LogP contribution in [0.5, 0.6) is 0 Å². The highest BCUT2D eigenvalue weighted by Crippen LogP contribution is 2.12. The highest BCUT2D eigenvalue weighted by molar-refractivity contribution is 6.20. The van der Waals surface area contributed by atoms with Gasteiger partial charge in [0.1, 0.15) is 0 Å². The van der Waals surface area contributed by atoms with Crippen LogP contribution < -0.4 is 5.32 Å². The highest BCUT2D eigenvalue weighted by atomic mass is 35.5.